The van der Waals surface area contributed by atoms with Crippen LogP contribution in [0.25, 0.3) is 10.9 Å². The minimum atomic E-state index is -0.137. The van der Waals surface area contributed by atoms with Gasteiger partial charge in [-0.2, -0.15) is 5.10 Å². The molecule has 2 aliphatic rings. The van der Waals surface area contributed by atoms with Crippen LogP contribution in [0, 0.1) is 30.6 Å². The lowest BCUT2D eigenvalue weighted by Crippen LogP contribution is -2.54. The van der Waals surface area contributed by atoms with Crippen molar-refractivity contribution in [3.8, 4) is 0 Å². The van der Waals surface area contributed by atoms with Crippen molar-refractivity contribution >= 4 is 22.7 Å². The van der Waals surface area contributed by atoms with E-state index in [1.807, 2.05) is 30.0 Å². The second-order valence-electron chi connectivity index (χ2n) is 7.63. The third kappa shape index (κ3) is 2.69. The quantitative estimate of drug-likeness (QED) is 0.893. The highest BCUT2D eigenvalue weighted by molar-refractivity contribution is 6.05. The summed E-state index contributed by atoms with van der Waals surface area (Å²) < 4.78 is 0. The van der Waals surface area contributed by atoms with E-state index in [1.54, 1.807) is 0 Å². The summed E-state index contributed by atoms with van der Waals surface area (Å²) in [5.74, 6) is 1.75. The molecule has 25 heavy (non-hydrogen) atoms. The fourth-order valence-corrected chi connectivity index (χ4v) is 3.88. The largest absolute Gasteiger partial charge is 0.350 e. The van der Waals surface area contributed by atoms with Crippen LogP contribution in [-0.2, 0) is 4.79 Å². The molecule has 1 aliphatic heterocycles. The number of aromatic nitrogens is 2. The highest BCUT2D eigenvalue weighted by Crippen LogP contribution is 2.47. The molecule has 1 aliphatic carbocycles. The number of nitrogens with zero attached hydrogens (tertiary/aromatic N) is 2. The molecule has 3 atom stereocenters. The van der Waals surface area contributed by atoms with E-state index >= 15 is 0 Å². The minimum Gasteiger partial charge on any atom is -0.350 e. The van der Waals surface area contributed by atoms with Crippen LogP contribution >= 0.6 is 0 Å². The monoisotopic (exact) mass is 340 g/mol. The fraction of sp³-hybridized carbons (Fsp3) is 0.526. The fourth-order valence-electron chi connectivity index (χ4n) is 3.88. The van der Waals surface area contributed by atoms with Gasteiger partial charge in [0.2, 0.25) is 5.91 Å². The first-order chi connectivity index (χ1) is 12.0. The molecular formula is C19H24N4O2. The zero-order valence-electron chi connectivity index (χ0n) is 14.9. The number of carbonyl (C=O) groups excluding carboxylic acids is 2. The Hall–Kier alpha value is -2.37. The molecule has 2 fully saturated rings. The lowest BCUT2D eigenvalue weighted by atomic mass is 9.99. The molecule has 2 aromatic rings. The van der Waals surface area contributed by atoms with Crippen molar-refractivity contribution in [3.05, 3.63) is 29.5 Å². The average Bonchev–Trinajstić information content (AvgIpc) is 2.96. The van der Waals surface area contributed by atoms with Crippen molar-refractivity contribution < 1.29 is 9.59 Å². The number of H-pyrrole nitrogens is 1. The lowest BCUT2D eigenvalue weighted by Gasteiger charge is -2.39. The van der Waals surface area contributed by atoms with Gasteiger partial charge in [-0.3, -0.25) is 14.7 Å². The molecule has 1 saturated heterocycles. The molecule has 1 saturated carbocycles. The van der Waals surface area contributed by atoms with Crippen LogP contribution in [0.3, 0.4) is 0 Å². The van der Waals surface area contributed by atoms with Gasteiger partial charge < -0.3 is 10.2 Å². The number of amides is 2. The van der Waals surface area contributed by atoms with E-state index in [9.17, 15) is 9.59 Å². The number of rotatable bonds is 4. The molecule has 4 rings (SSSR count). The number of fused-ring (bicyclic) bond motifs is 1. The van der Waals surface area contributed by atoms with Crippen LogP contribution in [0.2, 0.25) is 0 Å². The summed E-state index contributed by atoms with van der Waals surface area (Å²) in [5.41, 5.74) is 2.39. The number of para-hydroxylation sites is 1. The Morgan fingerprint density at radius 1 is 1.28 bits per heavy atom. The third-order valence-electron chi connectivity index (χ3n) is 5.94. The minimum absolute atomic E-state index is 0.137. The Morgan fingerprint density at radius 3 is 2.68 bits per heavy atom. The predicted octanol–water partition coefficient (Wildman–Crippen LogP) is 1.96. The smallest absolute Gasteiger partial charge is 0.269 e. The highest BCUT2D eigenvalue weighted by Gasteiger charge is 2.51. The highest BCUT2D eigenvalue weighted by atomic mass is 16.2. The van der Waals surface area contributed by atoms with Gasteiger partial charge in [-0.25, -0.2) is 0 Å². The number of hydrogen-bond acceptors (Lipinski definition) is 3. The summed E-state index contributed by atoms with van der Waals surface area (Å²) in [7, 11) is 0. The molecule has 2 N–H and O–H groups in total. The first-order valence-corrected chi connectivity index (χ1v) is 8.98. The first kappa shape index (κ1) is 16.1. The topological polar surface area (TPSA) is 78.1 Å². The van der Waals surface area contributed by atoms with Crippen molar-refractivity contribution in [2.75, 3.05) is 19.6 Å². The molecule has 1 aromatic heterocycles. The van der Waals surface area contributed by atoms with Crippen molar-refractivity contribution in [1.29, 1.82) is 0 Å². The number of benzene rings is 1. The Bertz CT molecular complexity index is 829. The number of aryl methyl sites for hydroxylation is 1. The molecule has 2 amide bonds. The Balaban J connectivity index is 1.30. The van der Waals surface area contributed by atoms with Crippen molar-refractivity contribution in [2.24, 2.45) is 23.7 Å². The zero-order chi connectivity index (χ0) is 17.7. The third-order valence-corrected chi connectivity index (χ3v) is 5.94. The molecule has 6 nitrogen and oxygen atoms in total. The summed E-state index contributed by atoms with van der Waals surface area (Å²) in [5, 5.41) is 10.9. The molecule has 1 unspecified atom stereocenters. The van der Waals surface area contributed by atoms with Gasteiger partial charge in [-0.1, -0.05) is 32.0 Å². The van der Waals surface area contributed by atoms with Gasteiger partial charge in [0.15, 0.2) is 0 Å². The number of hydrogen-bond donors (Lipinski definition) is 2. The van der Waals surface area contributed by atoms with Gasteiger partial charge in [0.1, 0.15) is 5.69 Å². The van der Waals surface area contributed by atoms with Crippen LogP contribution in [0.15, 0.2) is 18.2 Å². The van der Waals surface area contributed by atoms with Gasteiger partial charge >= 0.3 is 0 Å². The van der Waals surface area contributed by atoms with Crippen molar-refractivity contribution in [3.63, 3.8) is 0 Å². The standard InChI is InChI=1S/C19H24N4O2/c1-10-5-4-6-14-16(10)21-22-17(14)18(24)20-7-13-8-23(9-13)19(25)15-11(2)12(15)3/h4-6,11-13,15H,7-9H2,1-3H3,(H,20,24)(H,21,22)/t11-,12+,15?. The van der Waals surface area contributed by atoms with Crippen molar-refractivity contribution in [2.45, 2.75) is 20.8 Å². The summed E-state index contributed by atoms with van der Waals surface area (Å²) >= 11 is 0. The Labute approximate surface area is 147 Å². The molecule has 1 aromatic carbocycles. The van der Waals surface area contributed by atoms with Crippen LogP contribution in [0.5, 0.6) is 0 Å². The van der Waals surface area contributed by atoms with E-state index in [0.29, 0.717) is 30.0 Å². The number of nitrogens with one attached hydrogen (secondary N) is 2. The number of carbonyl (C=O) groups is 2. The summed E-state index contributed by atoms with van der Waals surface area (Å²) in [6, 6.07) is 5.81. The zero-order valence-corrected chi connectivity index (χ0v) is 14.9. The Morgan fingerprint density at radius 2 is 2.00 bits per heavy atom. The number of likely N-dealkylation sites (tertiary alicyclic amines) is 1. The normalized spacial score (nSPS) is 25.7. The van der Waals surface area contributed by atoms with Crippen molar-refractivity contribution in [1.82, 2.24) is 20.4 Å². The van der Waals surface area contributed by atoms with Crippen LogP contribution in [0.1, 0.15) is 29.9 Å². The summed E-state index contributed by atoms with van der Waals surface area (Å²) in [4.78, 5) is 26.6. The maximum absolute atomic E-state index is 12.4. The predicted molar refractivity (Wildman–Crippen MR) is 95.1 cm³/mol. The average molecular weight is 340 g/mol. The first-order valence-electron chi connectivity index (χ1n) is 8.98. The van der Waals surface area contributed by atoms with Gasteiger partial charge in [0.25, 0.3) is 5.91 Å². The second-order valence-corrected chi connectivity index (χ2v) is 7.63. The molecule has 0 spiro atoms. The van der Waals surface area contributed by atoms with E-state index in [4.69, 9.17) is 0 Å². The summed E-state index contributed by atoms with van der Waals surface area (Å²) in [6.45, 7) is 8.34. The van der Waals surface area contributed by atoms with Gasteiger partial charge in [0, 0.05) is 36.9 Å². The maximum Gasteiger partial charge on any atom is 0.269 e. The molecule has 0 radical (unpaired) electrons. The van der Waals surface area contributed by atoms with Gasteiger partial charge in [-0.15, -0.1) is 0 Å². The molecule has 132 valence electrons. The van der Waals surface area contributed by atoms with Crippen LogP contribution in [0.4, 0.5) is 0 Å². The van der Waals surface area contributed by atoms with E-state index < -0.39 is 0 Å². The molecule has 2 heterocycles. The van der Waals surface area contributed by atoms with E-state index in [1.165, 1.54) is 0 Å². The number of aromatic amines is 1. The second kappa shape index (κ2) is 5.86. The van der Waals surface area contributed by atoms with E-state index in [-0.39, 0.29) is 17.7 Å². The van der Waals surface area contributed by atoms with Gasteiger partial charge in [0.05, 0.1) is 5.52 Å². The summed E-state index contributed by atoms with van der Waals surface area (Å²) in [6.07, 6.45) is 0. The molecular weight excluding hydrogens is 316 g/mol. The molecule has 6 heteroatoms. The van der Waals surface area contributed by atoms with Crippen LogP contribution < -0.4 is 5.32 Å². The lowest BCUT2D eigenvalue weighted by molar-refractivity contribution is -0.139. The van der Waals surface area contributed by atoms with E-state index in [2.05, 4.69) is 29.4 Å². The van der Waals surface area contributed by atoms with E-state index in [0.717, 1.165) is 29.6 Å². The molecule has 0 bridgehead atoms. The Kier molecular flexibility index (Phi) is 3.78. The maximum atomic E-state index is 12.4. The van der Waals surface area contributed by atoms with Crippen LogP contribution in [-0.4, -0.2) is 46.5 Å². The SMILES string of the molecule is Cc1cccc2c(C(=O)NCC3CN(C(=O)C4[C@@H](C)[C@H]4C)C3)[nH]nc12. The van der Waals surface area contributed by atoms with Gasteiger partial charge in [-0.05, 0) is 24.3 Å².